The van der Waals surface area contributed by atoms with E-state index in [0.29, 0.717) is 24.0 Å². The van der Waals surface area contributed by atoms with Crippen molar-refractivity contribution < 1.29 is 39.0 Å². The van der Waals surface area contributed by atoms with Crippen LogP contribution in [-0.2, 0) is 41.6 Å². The topological polar surface area (TPSA) is 293 Å². The molecule has 0 aliphatic heterocycles. The lowest BCUT2D eigenvalue weighted by molar-refractivity contribution is -0.142. The third-order valence-corrected chi connectivity index (χ3v) is 7.88. The van der Waals surface area contributed by atoms with Gasteiger partial charge in [0.25, 0.3) is 0 Å². The number of nitrogens with one attached hydrogen (secondary N) is 5. The number of unbranched alkanes of at least 4 members (excludes halogenated alkanes) is 1. The second kappa shape index (κ2) is 22.2. The summed E-state index contributed by atoms with van der Waals surface area (Å²) in [5, 5.41) is 31.8. The van der Waals surface area contributed by atoms with Gasteiger partial charge >= 0.3 is 5.97 Å². The highest BCUT2D eigenvalue weighted by molar-refractivity contribution is 5.95. The molecule has 5 unspecified atom stereocenters. The fraction of sp³-hybridized carbons (Fsp3) is 0.457. The number of nitrogens with two attached hydrogens (primary N) is 3. The predicted molar refractivity (Wildman–Crippen MR) is 193 cm³/mol. The van der Waals surface area contributed by atoms with Crippen LogP contribution in [0.25, 0.3) is 0 Å². The zero-order valence-corrected chi connectivity index (χ0v) is 29.5. The molecule has 52 heavy (non-hydrogen) atoms. The minimum atomic E-state index is -1.26. The number of aliphatic imine (C=N–C) groups is 1. The summed E-state index contributed by atoms with van der Waals surface area (Å²) >= 11 is 0. The van der Waals surface area contributed by atoms with E-state index in [1.54, 1.807) is 42.5 Å². The first-order valence-electron chi connectivity index (χ1n) is 17.0. The standard InChI is InChI=1S/C35H51N9O8/c1-3-4-11-26(32(49)44-27(34(51)52)12-8-17-39-35(37)38)43-33(50)28(19-22-9-6-5-7-10-22)42-29(46)20-40-30(47)21(2)41-31(48)25(36)18-23-13-15-24(45)16-14-23/h5-7,9-10,13-16,21,25-28,45H,3-4,8,11-12,17-20,36H2,1-2H3,(H,40,47)(H,41,48)(H,42,46)(H,43,50)(H,44,49)(H,51,52)(H4,37,38,39). The van der Waals surface area contributed by atoms with Gasteiger partial charge in [0, 0.05) is 13.0 Å². The molecule has 284 valence electrons. The molecule has 2 rings (SSSR count). The van der Waals surface area contributed by atoms with E-state index >= 15 is 0 Å². The summed E-state index contributed by atoms with van der Waals surface area (Å²) in [4.78, 5) is 80.9. The SMILES string of the molecule is CCCCC(NC(=O)C(Cc1ccccc1)NC(=O)CNC(=O)C(C)NC(=O)C(N)Cc1ccc(O)cc1)C(=O)NC(CCCN=C(N)N)C(=O)O. The number of hydrogen-bond acceptors (Lipinski definition) is 9. The highest BCUT2D eigenvalue weighted by Gasteiger charge is 2.30. The minimum absolute atomic E-state index is 0.0413. The second-order valence-corrected chi connectivity index (χ2v) is 12.3. The Morgan fingerprint density at radius 1 is 0.731 bits per heavy atom. The predicted octanol–water partition coefficient (Wildman–Crippen LogP) is -1.09. The van der Waals surface area contributed by atoms with E-state index in [9.17, 15) is 39.0 Å². The molecule has 0 bridgehead atoms. The normalized spacial score (nSPS) is 13.6. The number of carboxylic acids is 1. The lowest BCUT2D eigenvalue weighted by atomic mass is 10.0. The van der Waals surface area contributed by atoms with Crippen LogP contribution in [0.1, 0.15) is 57.1 Å². The number of nitrogens with zero attached hydrogens (tertiary/aromatic N) is 1. The van der Waals surface area contributed by atoms with Gasteiger partial charge in [-0.05, 0) is 55.9 Å². The molecule has 0 aliphatic carbocycles. The van der Waals surface area contributed by atoms with Crippen LogP contribution in [-0.4, -0.2) is 95.0 Å². The van der Waals surface area contributed by atoms with Crippen molar-refractivity contribution >= 4 is 41.5 Å². The zero-order chi connectivity index (χ0) is 38.6. The smallest absolute Gasteiger partial charge is 0.326 e. The molecule has 0 spiro atoms. The van der Waals surface area contributed by atoms with Gasteiger partial charge in [-0.15, -0.1) is 0 Å². The minimum Gasteiger partial charge on any atom is -0.508 e. The van der Waals surface area contributed by atoms with Crippen molar-refractivity contribution in [1.82, 2.24) is 26.6 Å². The Hall–Kier alpha value is -5.71. The number of aromatic hydroxyl groups is 1. The van der Waals surface area contributed by atoms with Crippen LogP contribution in [0.15, 0.2) is 59.6 Å². The van der Waals surface area contributed by atoms with Gasteiger partial charge in [-0.2, -0.15) is 0 Å². The molecule has 2 aromatic rings. The molecule has 0 aliphatic rings. The molecule has 0 aromatic heterocycles. The molecule has 17 nitrogen and oxygen atoms in total. The second-order valence-electron chi connectivity index (χ2n) is 12.3. The van der Waals surface area contributed by atoms with Crippen molar-refractivity contribution in [2.75, 3.05) is 13.1 Å². The van der Waals surface area contributed by atoms with E-state index in [0.717, 1.165) is 0 Å². The quantitative estimate of drug-likeness (QED) is 0.0395. The van der Waals surface area contributed by atoms with Crippen molar-refractivity contribution in [3.63, 3.8) is 0 Å². The van der Waals surface area contributed by atoms with Crippen LogP contribution < -0.4 is 43.8 Å². The Balaban J connectivity index is 2.05. The van der Waals surface area contributed by atoms with Gasteiger partial charge in [-0.1, -0.05) is 62.2 Å². The number of aliphatic carboxylic acids is 1. The van der Waals surface area contributed by atoms with Crippen LogP contribution in [0.3, 0.4) is 0 Å². The van der Waals surface area contributed by atoms with Crippen molar-refractivity contribution in [1.29, 1.82) is 0 Å². The summed E-state index contributed by atoms with van der Waals surface area (Å²) in [6.07, 6.45) is 1.96. The first-order valence-corrected chi connectivity index (χ1v) is 17.0. The summed E-state index contributed by atoms with van der Waals surface area (Å²) < 4.78 is 0. The van der Waals surface area contributed by atoms with Gasteiger partial charge in [0.1, 0.15) is 29.9 Å². The van der Waals surface area contributed by atoms with E-state index in [2.05, 4.69) is 31.6 Å². The fourth-order valence-corrected chi connectivity index (χ4v) is 4.97. The highest BCUT2D eigenvalue weighted by atomic mass is 16.4. The first kappa shape index (κ1) is 42.5. The van der Waals surface area contributed by atoms with Crippen LogP contribution in [0, 0.1) is 0 Å². The monoisotopic (exact) mass is 725 g/mol. The molecule has 0 radical (unpaired) electrons. The van der Waals surface area contributed by atoms with Crippen LogP contribution in [0.2, 0.25) is 0 Å². The van der Waals surface area contributed by atoms with Crippen LogP contribution in [0.4, 0.5) is 0 Å². The first-order chi connectivity index (χ1) is 24.7. The average molecular weight is 726 g/mol. The number of carboxylic acid groups (broad SMARTS) is 1. The number of carbonyl (C=O) groups is 6. The maximum absolute atomic E-state index is 13.6. The molecule has 5 atom stereocenters. The number of phenols is 1. The summed E-state index contributed by atoms with van der Waals surface area (Å²) in [6, 6.07) is 9.44. The maximum atomic E-state index is 13.6. The van der Waals surface area contributed by atoms with Gasteiger partial charge in [0.05, 0.1) is 12.6 Å². The van der Waals surface area contributed by atoms with Crippen molar-refractivity contribution in [3.8, 4) is 5.75 Å². The highest BCUT2D eigenvalue weighted by Crippen LogP contribution is 2.11. The molecule has 2 aromatic carbocycles. The lowest BCUT2D eigenvalue weighted by Crippen LogP contribution is -2.57. The maximum Gasteiger partial charge on any atom is 0.326 e. The molecule has 13 N–H and O–H groups in total. The molecule has 0 saturated carbocycles. The largest absolute Gasteiger partial charge is 0.508 e. The lowest BCUT2D eigenvalue weighted by Gasteiger charge is -2.25. The van der Waals surface area contributed by atoms with Gasteiger partial charge in [-0.25, -0.2) is 4.79 Å². The molecular formula is C35H51N9O8. The molecule has 0 saturated heterocycles. The Kier molecular flexibility index (Phi) is 18.1. The molecule has 0 fully saturated rings. The Morgan fingerprint density at radius 2 is 1.33 bits per heavy atom. The fourth-order valence-electron chi connectivity index (χ4n) is 4.97. The van der Waals surface area contributed by atoms with E-state index in [1.165, 1.54) is 19.1 Å². The molecular weight excluding hydrogens is 674 g/mol. The number of phenolic OH excluding ortho intramolecular Hbond substituents is 1. The average Bonchev–Trinajstić information content (AvgIpc) is 3.10. The van der Waals surface area contributed by atoms with Crippen LogP contribution >= 0.6 is 0 Å². The van der Waals surface area contributed by atoms with Crippen molar-refractivity contribution in [2.24, 2.45) is 22.2 Å². The number of rotatable bonds is 22. The number of carbonyl (C=O) groups excluding carboxylic acids is 5. The molecule has 0 heterocycles. The van der Waals surface area contributed by atoms with E-state index in [-0.39, 0.29) is 50.4 Å². The molecule has 5 amide bonds. The summed E-state index contributed by atoms with van der Waals surface area (Å²) in [5.41, 5.74) is 18.0. The van der Waals surface area contributed by atoms with E-state index in [1.807, 2.05) is 6.92 Å². The number of benzene rings is 2. The summed E-state index contributed by atoms with van der Waals surface area (Å²) in [7, 11) is 0. The summed E-state index contributed by atoms with van der Waals surface area (Å²) in [6.45, 7) is 2.95. The van der Waals surface area contributed by atoms with E-state index < -0.39 is 72.3 Å². The zero-order valence-electron chi connectivity index (χ0n) is 29.5. The molecule has 17 heteroatoms. The summed E-state index contributed by atoms with van der Waals surface area (Å²) in [5.74, 6) is -4.71. The number of amides is 5. The third-order valence-electron chi connectivity index (χ3n) is 7.88. The van der Waals surface area contributed by atoms with Gasteiger partial charge < -0.3 is 54.0 Å². The van der Waals surface area contributed by atoms with Crippen LogP contribution in [0.5, 0.6) is 5.75 Å². The Labute approximate surface area is 302 Å². The van der Waals surface area contributed by atoms with Gasteiger partial charge in [0.15, 0.2) is 5.96 Å². The van der Waals surface area contributed by atoms with Crippen molar-refractivity contribution in [2.45, 2.75) is 89.0 Å². The number of hydrogen-bond donors (Lipinski definition) is 10. The van der Waals surface area contributed by atoms with Crippen molar-refractivity contribution in [3.05, 3.63) is 65.7 Å². The Morgan fingerprint density at radius 3 is 1.94 bits per heavy atom. The van der Waals surface area contributed by atoms with Gasteiger partial charge in [0.2, 0.25) is 29.5 Å². The number of guanidine groups is 1. The Bertz CT molecular complexity index is 1520. The van der Waals surface area contributed by atoms with E-state index in [4.69, 9.17) is 17.2 Å². The third kappa shape index (κ3) is 15.9. The van der Waals surface area contributed by atoms with Gasteiger partial charge in [-0.3, -0.25) is 29.0 Å².